The van der Waals surface area contributed by atoms with E-state index in [-0.39, 0.29) is 36.7 Å². The molecule has 2 N–H and O–H groups in total. The molecule has 2 atom stereocenters. The Labute approximate surface area is 261 Å². The normalized spacial score (nSPS) is 19.8. The Bertz CT molecular complexity index is 1460. The standard InChI is InChI=1S/C33H37ClN2O8/c1-40-27-5-2-22(3-6-27)19-41-28-7-8-29(32(39)36-18-26(38)21-43-36)31(15-28)42-20-25(37)17-35-12-10-33(11-13-35)16-23-14-24(34)4-9-30(23)44-33/h2-9,14-15,25-26,37-38H,10-13,16-21H2,1H3/t25-,26+/m1/s1. The van der Waals surface area contributed by atoms with Crippen molar-refractivity contribution in [2.75, 3.05) is 46.5 Å². The first-order valence-electron chi connectivity index (χ1n) is 14.8. The second-order valence-electron chi connectivity index (χ2n) is 11.6. The molecule has 3 heterocycles. The molecule has 3 aliphatic heterocycles. The maximum Gasteiger partial charge on any atom is 0.281 e. The van der Waals surface area contributed by atoms with E-state index in [9.17, 15) is 15.0 Å². The highest BCUT2D eigenvalue weighted by Crippen LogP contribution is 2.42. The topological polar surface area (TPSA) is 110 Å². The van der Waals surface area contributed by atoms with Crippen molar-refractivity contribution in [3.8, 4) is 23.0 Å². The van der Waals surface area contributed by atoms with Crippen LogP contribution in [-0.4, -0.2) is 90.4 Å². The van der Waals surface area contributed by atoms with Gasteiger partial charge in [-0.2, -0.15) is 0 Å². The summed E-state index contributed by atoms with van der Waals surface area (Å²) in [5.41, 5.74) is 2.12. The van der Waals surface area contributed by atoms with Crippen molar-refractivity contribution in [2.45, 2.75) is 43.7 Å². The number of methoxy groups -OCH3 is 1. The average Bonchev–Trinajstić information content (AvgIpc) is 3.63. The number of β-amino-alcohol motifs (C(OH)–C–C–N with tert-alkyl or cyclic N) is 2. The van der Waals surface area contributed by atoms with E-state index >= 15 is 0 Å². The Morgan fingerprint density at radius 3 is 2.57 bits per heavy atom. The summed E-state index contributed by atoms with van der Waals surface area (Å²) < 4.78 is 23.6. The number of aliphatic hydroxyl groups excluding tert-OH is 2. The average molecular weight is 625 g/mol. The van der Waals surface area contributed by atoms with Gasteiger partial charge in [0.2, 0.25) is 0 Å². The molecule has 10 nitrogen and oxygen atoms in total. The number of halogens is 1. The Morgan fingerprint density at radius 1 is 1.07 bits per heavy atom. The van der Waals surface area contributed by atoms with Gasteiger partial charge in [0.25, 0.3) is 5.91 Å². The molecule has 0 aliphatic carbocycles. The van der Waals surface area contributed by atoms with Crippen LogP contribution in [0.2, 0.25) is 5.02 Å². The van der Waals surface area contributed by atoms with E-state index < -0.39 is 18.1 Å². The summed E-state index contributed by atoms with van der Waals surface area (Å²) in [5.74, 6) is 2.00. The molecular weight excluding hydrogens is 588 g/mol. The minimum Gasteiger partial charge on any atom is -0.497 e. The molecule has 0 unspecified atom stereocenters. The SMILES string of the molecule is COc1ccc(COc2ccc(C(=O)N3C[C@H](O)CO3)c(OC[C@H](O)CN3CCC4(CC3)Cc3cc(Cl)ccc3O4)c2)cc1. The number of benzene rings is 3. The largest absolute Gasteiger partial charge is 0.497 e. The van der Waals surface area contributed by atoms with E-state index in [1.54, 1.807) is 25.3 Å². The molecule has 1 amide bonds. The van der Waals surface area contributed by atoms with Crippen LogP contribution >= 0.6 is 11.6 Å². The molecule has 3 aromatic rings. The fraction of sp³-hybridized carbons (Fsp3) is 0.424. The maximum absolute atomic E-state index is 13.2. The lowest BCUT2D eigenvalue weighted by molar-refractivity contribution is -0.0781. The molecule has 6 rings (SSSR count). The van der Waals surface area contributed by atoms with Gasteiger partial charge in [0.1, 0.15) is 60.6 Å². The van der Waals surface area contributed by atoms with Gasteiger partial charge in [0, 0.05) is 50.0 Å². The minimum absolute atomic E-state index is 0.0201. The zero-order valence-corrected chi connectivity index (χ0v) is 25.4. The van der Waals surface area contributed by atoms with Gasteiger partial charge in [0.15, 0.2) is 0 Å². The number of hydroxylamine groups is 2. The highest BCUT2D eigenvalue weighted by atomic mass is 35.5. The molecule has 234 valence electrons. The van der Waals surface area contributed by atoms with Gasteiger partial charge in [-0.25, -0.2) is 5.06 Å². The van der Waals surface area contributed by atoms with Crippen molar-refractivity contribution in [3.63, 3.8) is 0 Å². The monoisotopic (exact) mass is 624 g/mol. The van der Waals surface area contributed by atoms with Crippen molar-refractivity contribution >= 4 is 17.5 Å². The Kier molecular flexibility index (Phi) is 9.16. The number of carbonyl (C=O) groups is 1. The van der Waals surface area contributed by atoms with Crippen molar-refractivity contribution in [1.29, 1.82) is 0 Å². The van der Waals surface area contributed by atoms with Gasteiger partial charge < -0.3 is 34.1 Å². The fourth-order valence-electron chi connectivity index (χ4n) is 5.89. The van der Waals surface area contributed by atoms with Gasteiger partial charge >= 0.3 is 0 Å². The quantitative estimate of drug-likeness (QED) is 0.347. The van der Waals surface area contributed by atoms with Crippen LogP contribution in [-0.2, 0) is 17.9 Å². The number of fused-ring (bicyclic) bond motifs is 1. The fourth-order valence-corrected chi connectivity index (χ4v) is 6.08. The highest BCUT2D eigenvalue weighted by molar-refractivity contribution is 6.30. The van der Waals surface area contributed by atoms with Crippen LogP contribution in [0.4, 0.5) is 0 Å². The number of carbonyl (C=O) groups excluding carboxylic acids is 1. The zero-order valence-electron chi connectivity index (χ0n) is 24.6. The number of hydrogen-bond acceptors (Lipinski definition) is 9. The van der Waals surface area contributed by atoms with Gasteiger partial charge in [-0.05, 0) is 53.6 Å². The number of amides is 1. The molecule has 0 saturated carbocycles. The predicted molar refractivity (Wildman–Crippen MR) is 162 cm³/mol. The van der Waals surface area contributed by atoms with E-state index in [0.29, 0.717) is 18.9 Å². The zero-order chi connectivity index (χ0) is 30.7. The first kappa shape index (κ1) is 30.5. The molecule has 11 heteroatoms. The van der Waals surface area contributed by atoms with Gasteiger partial charge in [0.05, 0.1) is 19.2 Å². The summed E-state index contributed by atoms with van der Waals surface area (Å²) in [5, 5.41) is 22.6. The molecule has 3 aromatic carbocycles. The smallest absolute Gasteiger partial charge is 0.281 e. The molecule has 0 bridgehead atoms. The number of aliphatic hydroxyl groups is 2. The second kappa shape index (κ2) is 13.2. The molecule has 2 fully saturated rings. The third-order valence-electron chi connectivity index (χ3n) is 8.30. The van der Waals surface area contributed by atoms with E-state index in [2.05, 4.69) is 4.90 Å². The summed E-state index contributed by atoms with van der Waals surface area (Å²) in [6.07, 6.45) is 0.999. The number of piperidine rings is 1. The van der Waals surface area contributed by atoms with Gasteiger partial charge in [-0.1, -0.05) is 23.7 Å². The first-order chi connectivity index (χ1) is 21.3. The number of nitrogens with zero attached hydrogens (tertiary/aromatic N) is 2. The lowest BCUT2D eigenvalue weighted by atomic mass is 9.87. The van der Waals surface area contributed by atoms with Crippen molar-refractivity contribution in [2.24, 2.45) is 0 Å². The summed E-state index contributed by atoms with van der Waals surface area (Å²) in [6.45, 7) is 2.39. The number of rotatable bonds is 10. The van der Waals surface area contributed by atoms with Crippen LogP contribution in [0.3, 0.4) is 0 Å². The van der Waals surface area contributed by atoms with E-state index in [4.69, 9.17) is 35.4 Å². The summed E-state index contributed by atoms with van der Waals surface area (Å²) in [6, 6.07) is 18.3. The summed E-state index contributed by atoms with van der Waals surface area (Å²) >= 11 is 6.18. The predicted octanol–water partition coefficient (Wildman–Crippen LogP) is 3.89. The van der Waals surface area contributed by atoms with Crippen molar-refractivity contribution in [1.82, 2.24) is 9.96 Å². The van der Waals surface area contributed by atoms with Crippen LogP contribution in [0, 0.1) is 0 Å². The number of hydrogen-bond donors (Lipinski definition) is 2. The van der Waals surface area contributed by atoms with Crippen molar-refractivity contribution in [3.05, 3.63) is 82.4 Å². The second-order valence-corrected chi connectivity index (χ2v) is 12.0. The van der Waals surface area contributed by atoms with Gasteiger partial charge in [-0.15, -0.1) is 0 Å². The van der Waals surface area contributed by atoms with Gasteiger partial charge in [-0.3, -0.25) is 9.63 Å². The molecular formula is C33H37ClN2O8. The van der Waals surface area contributed by atoms with Crippen molar-refractivity contribution < 1.29 is 38.8 Å². The Morgan fingerprint density at radius 2 is 1.84 bits per heavy atom. The van der Waals surface area contributed by atoms with Crippen LogP contribution in [0.15, 0.2) is 60.7 Å². The van der Waals surface area contributed by atoms with E-state index in [1.807, 2.05) is 42.5 Å². The van der Waals surface area contributed by atoms with Crippen LogP contribution in [0.25, 0.3) is 0 Å². The first-order valence-corrected chi connectivity index (χ1v) is 15.2. The minimum atomic E-state index is -0.791. The summed E-state index contributed by atoms with van der Waals surface area (Å²) in [7, 11) is 1.61. The molecule has 44 heavy (non-hydrogen) atoms. The Balaban J connectivity index is 1.06. The maximum atomic E-state index is 13.2. The molecule has 0 radical (unpaired) electrons. The molecule has 3 aliphatic rings. The Hall–Kier alpha value is -3.54. The lowest BCUT2D eigenvalue weighted by Crippen LogP contribution is -2.49. The third-order valence-corrected chi connectivity index (χ3v) is 8.54. The molecule has 1 spiro atoms. The van der Waals surface area contributed by atoms with E-state index in [1.165, 1.54) is 0 Å². The lowest BCUT2D eigenvalue weighted by Gasteiger charge is -2.39. The number of ether oxygens (including phenoxy) is 4. The van der Waals surface area contributed by atoms with Crippen LogP contribution in [0.5, 0.6) is 23.0 Å². The highest BCUT2D eigenvalue weighted by Gasteiger charge is 2.42. The van der Waals surface area contributed by atoms with Crippen LogP contribution in [0.1, 0.15) is 34.3 Å². The summed E-state index contributed by atoms with van der Waals surface area (Å²) in [4.78, 5) is 20.8. The molecule has 2 saturated heterocycles. The number of likely N-dealkylation sites (tertiary alicyclic amines) is 1. The van der Waals surface area contributed by atoms with E-state index in [0.717, 1.165) is 65.1 Å². The third kappa shape index (κ3) is 7.06. The van der Waals surface area contributed by atoms with Crippen LogP contribution < -0.4 is 18.9 Å². The molecule has 0 aromatic heterocycles.